The Bertz CT molecular complexity index is 976. The van der Waals surface area contributed by atoms with Crippen LogP contribution in [0.25, 0.3) is 6.08 Å². The van der Waals surface area contributed by atoms with Crippen LogP contribution < -0.4 is 9.64 Å². The van der Waals surface area contributed by atoms with Crippen LogP contribution in [0.15, 0.2) is 65.4 Å². The Morgan fingerprint density at radius 1 is 1.14 bits per heavy atom. The van der Waals surface area contributed by atoms with Crippen LogP contribution >= 0.6 is 11.6 Å². The number of para-hydroxylation sites is 1. The van der Waals surface area contributed by atoms with Crippen LogP contribution in [-0.2, 0) is 14.3 Å². The fraction of sp³-hybridized carbons (Fsp3) is 0.182. The smallest absolute Gasteiger partial charge is 0.340 e. The highest BCUT2D eigenvalue weighted by atomic mass is 35.5. The van der Waals surface area contributed by atoms with Crippen molar-refractivity contribution in [3.8, 4) is 5.75 Å². The Morgan fingerprint density at radius 3 is 2.46 bits per heavy atom. The predicted molar refractivity (Wildman–Crippen MR) is 109 cm³/mol. The Kier molecular flexibility index (Phi) is 5.85. The van der Waals surface area contributed by atoms with Crippen LogP contribution in [0.3, 0.4) is 0 Å². The lowest BCUT2D eigenvalue weighted by atomic mass is 10.0. The second-order valence-corrected chi connectivity index (χ2v) is 6.53. The minimum atomic E-state index is -0.567. The van der Waals surface area contributed by atoms with E-state index in [0.29, 0.717) is 34.3 Å². The molecule has 5 nitrogen and oxygen atoms in total. The number of carbonyl (C=O) groups is 2. The summed E-state index contributed by atoms with van der Waals surface area (Å²) in [6.07, 6.45) is 1.67. The summed E-state index contributed by atoms with van der Waals surface area (Å²) in [5.74, 6) is -0.244. The number of rotatable bonds is 5. The van der Waals surface area contributed by atoms with Crippen molar-refractivity contribution in [2.75, 3.05) is 18.6 Å². The largest absolute Gasteiger partial charge is 0.493 e. The first-order chi connectivity index (χ1) is 13.5. The van der Waals surface area contributed by atoms with E-state index in [2.05, 4.69) is 0 Å². The topological polar surface area (TPSA) is 55.8 Å². The van der Waals surface area contributed by atoms with E-state index in [0.717, 1.165) is 0 Å². The second kappa shape index (κ2) is 8.31. The van der Waals surface area contributed by atoms with Gasteiger partial charge in [0.1, 0.15) is 5.75 Å². The third-order valence-corrected chi connectivity index (χ3v) is 4.65. The molecule has 0 bridgehead atoms. The summed E-state index contributed by atoms with van der Waals surface area (Å²) >= 11 is 5.96. The number of anilines is 1. The van der Waals surface area contributed by atoms with Crippen LogP contribution in [0.1, 0.15) is 19.4 Å². The van der Waals surface area contributed by atoms with Gasteiger partial charge in [0.05, 0.1) is 24.9 Å². The fourth-order valence-electron chi connectivity index (χ4n) is 3.12. The van der Waals surface area contributed by atoms with E-state index in [4.69, 9.17) is 21.1 Å². The maximum Gasteiger partial charge on any atom is 0.340 e. The quantitative estimate of drug-likeness (QED) is 0.545. The predicted octanol–water partition coefficient (Wildman–Crippen LogP) is 4.62. The molecule has 0 atom stereocenters. The normalized spacial score (nSPS) is 15.4. The summed E-state index contributed by atoms with van der Waals surface area (Å²) in [4.78, 5) is 27.2. The van der Waals surface area contributed by atoms with E-state index in [-0.39, 0.29) is 17.1 Å². The number of halogens is 1. The summed E-state index contributed by atoms with van der Waals surface area (Å²) in [5, 5.41) is 0.562. The molecular formula is C22H20ClNO4. The summed E-state index contributed by atoms with van der Waals surface area (Å²) in [5.41, 5.74) is 2.31. The molecule has 1 heterocycles. The van der Waals surface area contributed by atoms with Gasteiger partial charge in [0.2, 0.25) is 0 Å². The zero-order valence-corrected chi connectivity index (χ0v) is 16.6. The minimum absolute atomic E-state index is 0.230. The average molecular weight is 398 g/mol. The van der Waals surface area contributed by atoms with Crippen LogP contribution in [0.5, 0.6) is 5.75 Å². The fourth-order valence-corrected chi connectivity index (χ4v) is 3.25. The van der Waals surface area contributed by atoms with Gasteiger partial charge in [-0.3, -0.25) is 9.69 Å². The summed E-state index contributed by atoms with van der Waals surface area (Å²) in [6.45, 7) is 4.09. The van der Waals surface area contributed by atoms with Gasteiger partial charge >= 0.3 is 5.97 Å². The lowest BCUT2D eigenvalue weighted by Crippen LogP contribution is -2.24. The van der Waals surface area contributed by atoms with Crippen molar-refractivity contribution in [3.63, 3.8) is 0 Å². The molecule has 144 valence electrons. The molecule has 0 spiro atoms. The van der Waals surface area contributed by atoms with Gasteiger partial charge in [-0.05, 0) is 50.3 Å². The first kappa shape index (κ1) is 19.7. The van der Waals surface area contributed by atoms with Crippen molar-refractivity contribution in [1.82, 2.24) is 0 Å². The lowest BCUT2D eigenvalue weighted by molar-refractivity contribution is -0.136. The van der Waals surface area contributed by atoms with Gasteiger partial charge < -0.3 is 9.47 Å². The van der Waals surface area contributed by atoms with E-state index >= 15 is 0 Å². The summed E-state index contributed by atoms with van der Waals surface area (Å²) < 4.78 is 10.6. The molecule has 0 saturated carbocycles. The molecule has 6 heteroatoms. The van der Waals surface area contributed by atoms with E-state index in [1.165, 1.54) is 12.0 Å². The molecule has 0 aromatic heterocycles. The highest BCUT2D eigenvalue weighted by Crippen LogP contribution is 2.36. The van der Waals surface area contributed by atoms with Crippen LogP contribution in [0.4, 0.5) is 5.69 Å². The van der Waals surface area contributed by atoms with E-state index in [1.54, 1.807) is 37.3 Å². The first-order valence-electron chi connectivity index (χ1n) is 8.81. The maximum atomic E-state index is 13.2. The van der Waals surface area contributed by atoms with Crippen LogP contribution in [-0.4, -0.2) is 25.6 Å². The molecule has 0 aliphatic carbocycles. The third kappa shape index (κ3) is 3.66. The van der Waals surface area contributed by atoms with Gasteiger partial charge in [-0.2, -0.15) is 0 Å². The molecule has 0 N–H and O–H groups in total. The number of esters is 1. The average Bonchev–Trinajstić information content (AvgIpc) is 2.94. The molecule has 0 fully saturated rings. The number of hydrogen-bond acceptors (Lipinski definition) is 4. The maximum absolute atomic E-state index is 13.2. The van der Waals surface area contributed by atoms with Gasteiger partial charge in [0, 0.05) is 22.0 Å². The minimum Gasteiger partial charge on any atom is -0.493 e. The molecular weight excluding hydrogens is 378 g/mol. The number of ether oxygens (including phenoxy) is 2. The standard InChI is InChI=1S/C22H20ClNO4/c1-4-28-19-8-6-5-7-15(19)13-18-20(22(26)27-3)14(2)24(21(18)25)17-11-9-16(23)10-12-17/h5-13H,4H2,1-3H3/b18-13-. The van der Waals surface area contributed by atoms with Crippen molar-refractivity contribution >= 4 is 35.2 Å². The molecule has 0 radical (unpaired) electrons. The highest BCUT2D eigenvalue weighted by molar-refractivity contribution is 6.30. The molecule has 2 aromatic carbocycles. The Hall–Kier alpha value is -3.05. The SMILES string of the molecule is CCOc1ccccc1/C=C1\C(=O)N(c2ccc(Cl)cc2)C(C)=C1C(=O)OC. The molecule has 1 aliphatic heterocycles. The van der Waals surface area contributed by atoms with Crippen molar-refractivity contribution in [3.05, 3.63) is 76.0 Å². The highest BCUT2D eigenvalue weighted by Gasteiger charge is 2.38. The number of benzene rings is 2. The molecule has 3 rings (SSSR count). The van der Waals surface area contributed by atoms with Crippen molar-refractivity contribution in [1.29, 1.82) is 0 Å². The van der Waals surface area contributed by atoms with E-state index in [1.807, 2.05) is 31.2 Å². The Balaban J connectivity index is 2.14. The van der Waals surface area contributed by atoms with Gasteiger partial charge in [0.15, 0.2) is 0 Å². The second-order valence-electron chi connectivity index (χ2n) is 6.10. The van der Waals surface area contributed by atoms with E-state index < -0.39 is 5.97 Å². The number of amides is 1. The zero-order valence-electron chi connectivity index (χ0n) is 15.9. The molecule has 1 aliphatic rings. The van der Waals surface area contributed by atoms with Gasteiger partial charge in [-0.1, -0.05) is 29.8 Å². The number of hydrogen-bond donors (Lipinski definition) is 0. The van der Waals surface area contributed by atoms with Crippen molar-refractivity contribution in [2.45, 2.75) is 13.8 Å². The molecule has 0 unspecified atom stereocenters. The molecule has 2 aromatic rings. The first-order valence-corrected chi connectivity index (χ1v) is 9.18. The summed E-state index contributed by atoms with van der Waals surface area (Å²) in [6, 6.07) is 14.2. The molecule has 1 amide bonds. The lowest BCUT2D eigenvalue weighted by Gasteiger charge is -2.18. The Morgan fingerprint density at radius 2 is 1.82 bits per heavy atom. The van der Waals surface area contributed by atoms with Crippen LogP contribution in [0, 0.1) is 0 Å². The number of nitrogens with zero attached hydrogens (tertiary/aromatic N) is 1. The molecule has 28 heavy (non-hydrogen) atoms. The summed E-state index contributed by atoms with van der Waals surface area (Å²) in [7, 11) is 1.30. The molecule has 0 saturated heterocycles. The van der Waals surface area contributed by atoms with Crippen LogP contribution in [0.2, 0.25) is 5.02 Å². The van der Waals surface area contributed by atoms with Crippen molar-refractivity contribution < 1.29 is 19.1 Å². The van der Waals surface area contributed by atoms with Gasteiger partial charge in [0.25, 0.3) is 5.91 Å². The number of carbonyl (C=O) groups excluding carboxylic acids is 2. The third-order valence-electron chi connectivity index (χ3n) is 4.39. The monoisotopic (exact) mass is 397 g/mol. The van der Waals surface area contributed by atoms with E-state index in [9.17, 15) is 9.59 Å². The Labute approximate surface area is 168 Å². The zero-order chi connectivity index (χ0) is 20.3. The van der Waals surface area contributed by atoms with Crippen molar-refractivity contribution in [2.24, 2.45) is 0 Å². The number of methoxy groups -OCH3 is 1. The van der Waals surface area contributed by atoms with Gasteiger partial charge in [-0.15, -0.1) is 0 Å². The van der Waals surface area contributed by atoms with Gasteiger partial charge in [-0.25, -0.2) is 4.79 Å². The number of allylic oxidation sites excluding steroid dienone is 1.